The van der Waals surface area contributed by atoms with Gasteiger partial charge in [-0.2, -0.15) is 10.1 Å². The Bertz CT molecular complexity index is 842. The number of amides is 2. The van der Waals surface area contributed by atoms with E-state index >= 15 is 0 Å². The highest BCUT2D eigenvalue weighted by Gasteiger charge is 2.35. The van der Waals surface area contributed by atoms with E-state index in [0.717, 1.165) is 10.6 Å². The summed E-state index contributed by atoms with van der Waals surface area (Å²) in [5, 5.41) is 5.00. The molecule has 0 saturated heterocycles. The van der Waals surface area contributed by atoms with Gasteiger partial charge in [-0.15, -0.1) is 0 Å². The molecule has 5 nitrogen and oxygen atoms in total. The van der Waals surface area contributed by atoms with E-state index in [2.05, 4.69) is 5.10 Å². The molecule has 1 aliphatic rings. The Morgan fingerprint density at radius 1 is 1.08 bits per heavy atom. The first-order valence-corrected chi connectivity index (χ1v) is 7.98. The van der Waals surface area contributed by atoms with Crippen LogP contribution < -0.4 is 4.74 Å². The zero-order chi connectivity index (χ0) is 17.8. The number of hydrazone groups is 1. The number of carbonyl (C=O) groups is 2. The molecule has 0 radical (unpaired) electrons. The van der Waals surface area contributed by atoms with E-state index < -0.39 is 17.9 Å². The van der Waals surface area contributed by atoms with Gasteiger partial charge in [0.25, 0.3) is 11.8 Å². The second kappa shape index (κ2) is 7.13. The van der Waals surface area contributed by atoms with Gasteiger partial charge in [0.2, 0.25) is 0 Å². The van der Waals surface area contributed by atoms with Crippen LogP contribution >= 0.6 is 0 Å². The molecule has 0 spiro atoms. The molecule has 2 aromatic carbocycles. The minimum absolute atomic E-state index is 0.409. The molecule has 0 N–H and O–H groups in total. The van der Waals surface area contributed by atoms with Gasteiger partial charge in [0.1, 0.15) is 5.75 Å². The molecule has 25 heavy (non-hydrogen) atoms. The Hall–Kier alpha value is -3.21. The smallest absolute Gasteiger partial charge is 0.290 e. The largest absolute Gasteiger partial charge is 0.481 e. The summed E-state index contributed by atoms with van der Waals surface area (Å²) in [5.74, 6) is -0.365. The molecule has 1 unspecified atom stereocenters. The molecular formula is C20H18N2O3. The SMILES string of the molecule is CC1=NN(C(=O)C(C)Oc2ccccc2)C(=O)/C1=C/c1ccccc1. The molecule has 2 amide bonds. The van der Waals surface area contributed by atoms with Crippen molar-refractivity contribution in [3.63, 3.8) is 0 Å². The van der Waals surface area contributed by atoms with Crippen LogP contribution in [0.5, 0.6) is 5.75 Å². The first-order chi connectivity index (χ1) is 12.1. The summed E-state index contributed by atoms with van der Waals surface area (Å²) >= 11 is 0. The van der Waals surface area contributed by atoms with Crippen molar-refractivity contribution < 1.29 is 14.3 Å². The van der Waals surface area contributed by atoms with Crippen molar-refractivity contribution in [2.45, 2.75) is 20.0 Å². The first kappa shape index (κ1) is 16.6. The third-order valence-electron chi connectivity index (χ3n) is 3.79. The highest BCUT2D eigenvalue weighted by atomic mass is 16.5. The molecule has 0 bridgehead atoms. The molecule has 0 aromatic heterocycles. The highest BCUT2D eigenvalue weighted by Crippen LogP contribution is 2.20. The van der Waals surface area contributed by atoms with Gasteiger partial charge in [-0.1, -0.05) is 48.5 Å². The summed E-state index contributed by atoms with van der Waals surface area (Å²) < 4.78 is 5.59. The number of hydrogen-bond acceptors (Lipinski definition) is 4. The van der Waals surface area contributed by atoms with Crippen LogP contribution in [0.1, 0.15) is 19.4 Å². The second-order valence-electron chi connectivity index (χ2n) is 5.68. The lowest BCUT2D eigenvalue weighted by molar-refractivity contribution is -0.146. The molecule has 1 atom stereocenters. The van der Waals surface area contributed by atoms with Crippen molar-refractivity contribution in [1.82, 2.24) is 5.01 Å². The van der Waals surface area contributed by atoms with Crippen molar-refractivity contribution in [3.8, 4) is 5.75 Å². The standard InChI is InChI=1S/C20H18N2O3/c1-14-18(13-16-9-5-3-6-10-16)20(24)22(21-14)19(23)15(2)25-17-11-7-4-8-12-17/h3-13,15H,1-2H3/b18-13+. The van der Waals surface area contributed by atoms with Gasteiger partial charge in [0.15, 0.2) is 6.10 Å². The lowest BCUT2D eigenvalue weighted by atomic mass is 10.1. The fraction of sp³-hybridized carbons (Fsp3) is 0.150. The summed E-state index contributed by atoms with van der Waals surface area (Å²) in [6, 6.07) is 18.4. The average molecular weight is 334 g/mol. The van der Waals surface area contributed by atoms with E-state index in [4.69, 9.17) is 4.74 Å². The van der Waals surface area contributed by atoms with E-state index in [0.29, 0.717) is 17.0 Å². The van der Waals surface area contributed by atoms with Crippen LogP contribution in [0.25, 0.3) is 6.08 Å². The van der Waals surface area contributed by atoms with Crippen molar-refractivity contribution in [1.29, 1.82) is 0 Å². The minimum atomic E-state index is -0.820. The molecule has 1 heterocycles. The number of ether oxygens (including phenoxy) is 1. The molecule has 0 saturated carbocycles. The summed E-state index contributed by atoms with van der Waals surface area (Å²) in [6.45, 7) is 3.31. The van der Waals surface area contributed by atoms with Crippen LogP contribution in [-0.2, 0) is 9.59 Å². The Morgan fingerprint density at radius 3 is 2.32 bits per heavy atom. The normalized spacial score (nSPS) is 16.7. The molecule has 2 aromatic rings. The summed E-state index contributed by atoms with van der Waals surface area (Å²) in [4.78, 5) is 25.1. The van der Waals surface area contributed by atoms with Crippen LogP contribution in [0.3, 0.4) is 0 Å². The maximum Gasteiger partial charge on any atom is 0.290 e. The monoisotopic (exact) mass is 334 g/mol. The fourth-order valence-electron chi connectivity index (χ4n) is 2.48. The Labute approximate surface area is 146 Å². The quantitative estimate of drug-likeness (QED) is 0.806. The topological polar surface area (TPSA) is 59.0 Å². The molecule has 126 valence electrons. The predicted molar refractivity (Wildman–Crippen MR) is 95.9 cm³/mol. The van der Waals surface area contributed by atoms with Gasteiger partial charge in [0, 0.05) is 0 Å². The van der Waals surface area contributed by atoms with Gasteiger partial charge >= 0.3 is 0 Å². The zero-order valence-corrected chi connectivity index (χ0v) is 14.0. The fourth-order valence-corrected chi connectivity index (χ4v) is 2.48. The number of carbonyl (C=O) groups excluding carboxylic acids is 2. The van der Waals surface area contributed by atoms with Gasteiger partial charge < -0.3 is 4.74 Å². The summed E-state index contributed by atoms with van der Waals surface area (Å²) in [5.41, 5.74) is 1.80. The van der Waals surface area contributed by atoms with E-state index in [1.807, 2.05) is 48.5 Å². The van der Waals surface area contributed by atoms with Gasteiger partial charge in [-0.25, -0.2) is 0 Å². The van der Waals surface area contributed by atoms with E-state index in [9.17, 15) is 9.59 Å². The molecule has 1 aliphatic heterocycles. The number of benzene rings is 2. The van der Waals surface area contributed by atoms with Crippen LogP contribution in [0.2, 0.25) is 0 Å². The van der Waals surface area contributed by atoms with E-state index in [1.54, 1.807) is 32.1 Å². The number of imide groups is 1. The zero-order valence-electron chi connectivity index (χ0n) is 14.0. The molecule has 5 heteroatoms. The van der Waals surface area contributed by atoms with E-state index in [1.165, 1.54) is 0 Å². The Kier molecular flexibility index (Phi) is 4.75. The lowest BCUT2D eigenvalue weighted by Gasteiger charge is -2.17. The molecule has 0 aliphatic carbocycles. The van der Waals surface area contributed by atoms with Crippen LogP contribution in [0.4, 0.5) is 0 Å². The maximum atomic E-state index is 12.6. The van der Waals surface area contributed by atoms with E-state index in [-0.39, 0.29) is 0 Å². The molecular weight excluding hydrogens is 316 g/mol. The number of nitrogens with zero attached hydrogens (tertiary/aromatic N) is 2. The highest BCUT2D eigenvalue weighted by molar-refractivity contribution is 6.29. The molecule has 3 rings (SSSR count). The lowest BCUT2D eigenvalue weighted by Crippen LogP contribution is -2.39. The third-order valence-corrected chi connectivity index (χ3v) is 3.79. The molecule has 0 fully saturated rings. The van der Waals surface area contributed by atoms with Crippen LogP contribution in [-0.4, -0.2) is 28.6 Å². The third kappa shape index (κ3) is 3.66. The number of hydrogen-bond donors (Lipinski definition) is 0. The second-order valence-corrected chi connectivity index (χ2v) is 5.68. The minimum Gasteiger partial charge on any atom is -0.481 e. The van der Waals surface area contributed by atoms with Crippen molar-refractivity contribution in [3.05, 3.63) is 71.8 Å². The Morgan fingerprint density at radius 2 is 1.68 bits per heavy atom. The number of rotatable bonds is 4. The maximum absolute atomic E-state index is 12.6. The van der Waals surface area contributed by atoms with Crippen LogP contribution in [0, 0.1) is 0 Å². The van der Waals surface area contributed by atoms with Gasteiger partial charge in [0.05, 0.1) is 11.3 Å². The average Bonchev–Trinajstić information content (AvgIpc) is 2.91. The van der Waals surface area contributed by atoms with Crippen molar-refractivity contribution in [2.75, 3.05) is 0 Å². The van der Waals surface area contributed by atoms with Gasteiger partial charge in [-0.3, -0.25) is 9.59 Å². The Balaban J connectivity index is 1.76. The van der Waals surface area contributed by atoms with Crippen molar-refractivity contribution >= 4 is 23.6 Å². The summed E-state index contributed by atoms with van der Waals surface area (Å²) in [6.07, 6.45) is 0.913. The van der Waals surface area contributed by atoms with Gasteiger partial charge in [-0.05, 0) is 37.6 Å². The summed E-state index contributed by atoms with van der Waals surface area (Å²) in [7, 11) is 0. The van der Waals surface area contributed by atoms with Crippen LogP contribution in [0.15, 0.2) is 71.3 Å². The number of para-hydroxylation sites is 1. The van der Waals surface area contributed by atoms with Crippen molar-refractivity contribution in [2.24, 2.45) is 5.10 Å². The first-order valence-electron chi connectivity index (χ1n) is 7.98. The predicted octanol–water partition coefficient (Wildman–Crippen LogP) is 3.28.